The molecule has 17 heavy (non-hydrogen) atoms. The third-order valence-electron chi connectivity index (χ3n) is 3.27. The molecule has 0 fully saturated rings. The van der Waals surface area contributed by atoms with Gasteiger partial charge in [0, 0.05) is 36.3 Å². The van der Waals surface area contributed by atoms with Crippen molar-refractivity contribution in [1.29, 1.82) is 0 Å². The van der Waals surface area contributed by atoms with Gasteiger partial charge in [0.25, 0.3) is 0 Å². The summed E-state index contributed by atoms with van der Waals surface area (Å²) in [5.41, 5.74) is 3.59. The maximum absolute atomic E-state index is 11.4. The highest BCUT2D eigenvalue weighted by Gasteiger charge is 2.15. The van der Waals surface area contributed by atoms with Gasteiger partial charge in [0.1, 0.15) is 0 Å². The molecule has 1 aliphatic rings. The Hall–Kier alpha value is -2.03. The third-order valence-corrected chi connectivity index (χ3v) is 3.27. The molecule has 0 radical (unpaired) electrons. The van der Waals surface area contributed by atoms with E-state index in [0.29, 0.717) is 0 Å². The minimum Gasteiger partial charge on any atom is -0.355 e. The molecule has 1 aromatic carbocycles. The summed E-state index contributed by atoms with van der Waals surface area (Å²) in [5, 5.41) is 1.26. The van der Waals surface area contributed by atoms with Gasteiger partial charge in [0.15, 0.2) is 0 Å². The fraction of sp³-hybridized carbons (Fsp3) is 0.214. The molecule has 1 N–H and O–H groups in total. The number of nitrogens with one attached hydrogen (secondary N) is 1. The number of benzene rings is 1. The predicted molar refractivity (Wildman–Crippen MR) is 68.4 cm³/mol. The molecular formula is C14H14N2O. The number of H-pyrrole nitrogens is 1. The Morgan fingerprint density at radius 2 is 2.18 bits per heavy atom. The number of carbonyl (C=O) groups excluding carboxylic acids is 1. The second kappa shape index (κ2) is 3.77. The van der Waals surface area contributed by atoms with Crippen LogP contribution >= 0.6 is 0 Å². The number of hydrogen-bond donors (Lipinski definition) is 1. The number of nitrogens with zero attached hydrogens (tertiary/aromatic N) is 1. The Labute approximate surface area is 99.7 Å². The first-order valence-corrected chi connectivity index (χ1v) is 5.81. The topological polar surface area (TPSA) is 36.1 Å². The molecular weight excluding hydrogens is 212 g/mol. The molecule has 0 atom stereocenters. The summed E-state index contributed by atoms with van der Waals surface area (Å²) in [5.74, 6) is 0.0932. The van der Waals surface area contributed by atoms with Gasteiger partial charge in [-0.1, -0.05) is 18.2 Å². The highest BCUT2D eigenvalue weighted by Crippen LogP contribution is 2.25. The summed E-state index contributed by atoms with van der Waals surface area (Å²) >= 11 is 0. The first kappa shape index (κ1) is 10.1. The van der Waals surface area contributed by atoms with Crippen molar-refractivity contribution in [3.63, 3.8) is 0 Å². The van der Waals surface area contributed by atoms with Crippen LogP contribution in [0.15, 0.2) is 30.5 Å². The van der Waals surface area contributed by atoms with E-state index in [-0.39, 0.29) is 5.91 Å². The SMILES string of the molecule is CC(=O)N1C=Cc2[nH]c3ccccc3c2CC1. The molecule has 1 amide bonds. The minimum atomic E-state index is 0.0932. The molecule has 0 saturated carbocycles. The van der Waals surface area contributed by atoms with Crippen LogP contribution in [0.5, 0.6) is 0 Å². The van der Waals surface area contributed by atoms with Gasteiger partial charge in [0.2, 0.25) is 5.91 Å². The van der Waals surface area contributed by atoms with Crippen molar-refractivity contribution >= 4 is 22.9 Å². The summed E-state index contributed by atoms with van der Waals surface area (Å²) in [4.78, 5) is 16.5. The lowest BCUT2D eigenvalue weighted by molar-refractivity contribution is -0.126. The number of carbonyl (C=O) groups is 1. The molecule has 3 heteroatoms. The fourth-order valence-corrected chi connectivity index (χ4v) is 2.37. The van der Waals surface area contributed by atoms with Crippen molar-refractivity contribution in [3.05, 3.63) is 41.7 Å². The normalized spacial score (nSPS) is 14.8. The van der Waals surface area contributed by atoms with Crippen LogP contribution in [-0.4, -0.2) is 22.3 Å². The Morgan fingerprint density at radius 1 is 1.35 bits per heavy atom. The molecule has 3 rings (SSSR count). The van der Waals surface area contributed by atoms with Gasteiger partial charge in [0.05, 0.1) is 0 Å². The van der Waals surface area contributed by atoms with Gasteiger partial charge in [-0.2, -0.15) is 0 Å². The maximum Gasteiger partial charge on any atom is 0.223 e. The Bertz CT molecular complexity index is 610. The van der Waals surface area contributed by atoms with Crippen molar-refractivity contribution in [2.24, 2.45) is 0 Å². The van der Waals surface area contributed by atoms with Crippen LogP contribution in [0.25, 0.3) is 17.0 Å². The van der Waals surface area contributed by atoms with Crippen LogP contribution in [0.1, 0.15) is 18.2 Å². The lowest BCUT2D eigenvalue weighted by Crippen LogP contribution is -2.24. The highest BCUT2D eigenvalue weighted by atomic mass is 16.2. The van der Waals surface area contributed by atoms with E-state index in [1.165, 1.54) is 16.5 Å². The molecule has 1 aliphatic heterocycles. The predicted octanol–water partition coefficient (Wildman–Crippen LogP) is 2.54. The van der Waals surface area contributed by atoms with Crippen LogP contribution in [0.3, 0.4) is 0 Å². The fourth-order valence-electron chi connectivity index (χ4n) is 2.37. The molecule has 3 nitrogen and oxygen atoms in total. The van der Waals surface area contributed by atoms with Crippen LogP contribution < -0.4 is 0 Å². The molecule has 1 aromatic heterocycles. The molecule has 2 heterocycles. The standard InChI is InChI=1S/C14H14N2O/c1-10(17)16-8-6-12-11-4-2-3-5-13(11)15-14(12)7-9-16/h2-5,7,9,15H,6,8H2,1H3. The van der Waals surface area contributed by atoms with Crippen molar-refractivity contribution < 1.29 is 4.79 Å². The number of para-hydroxylation sites is 1. The molecule has 0 saturated heterocycles. The smallest absolute Gasteiger partial charge is 0.223 e. The van der Waals surface area contributed by atoms with Crippen LogP contribution in [0, 0.1) is 0 Å². The summed E-state index contributed by atoms with van der Waals surface area (Å²) in [6.07, 6.45) is 4.75. The zero-order valence-electron chi connectivity index (χ0n) is 9.73. The van der Waals surface area contributed by atoms with Crippen molar-refractivity contribution in [1.82, 2.24) is 9.88 Å². The van der Waals surface area contributed by atoms with E-state index in [1.807, 2.05) is 24.4 Å². The van der Waals surface area contributed by atoms with E-state index in [4.69, 9.17) is 0 Å². The van der Waals surface area contributed by atoms with Gasteiger partial charge in [-0.3, -0.25) is 4.79 Å². The molecule has 86 valence electrons. The van der Waals surface area contributed by atoms with E-state index in [9.17, 15) is 4.79 Å². The molecule has 0 aliphatic carbocycles. The number of aromatic amines is 1. The van der Waals surface area contributed by atoms with Gasteiger partial charge in [-0.15, -0.1) is 0 Å². The van der Waals surface area contributed by atoms with Crippen molar-refractivity contribution in [3.8, 4) is 0 Å². The van der Waals surface area contributed by atoms with Gasteiger partial charge >= 0.3 is 0 Å². The van der Waals surface area contributed by atoms with Crippen LogP contribution in [-0.2, 0) is 11.2 Å². The number of rotatable bonds is 0. The lowest BCUT2D eigenvalue weighted by Gasteiger charge is -2.13. The van der Waals surface area contributed by atoms with Gasteiger partial charge in [-0.25, -0.2) is 0 Å². The first-order chi connectivity index (χ1) is 8.25. The molecule has 0 unspecified atom stereocenters. The second-order valence-corrected chi connectivity index (χ2v) is 4.34. The number of fused-ring (bicyclic) bond motifs is 3. The highest BCUT2D eigenvalue weighted by molar-refractivity contribution is 5.88. The third kappa shape index (κ3) is 1.64. The molecule has 2 aromatic rings. The lowest BCUT2D eigenvalue weighted by atomic mass is 10.1. The van der Waals surface area contributed by atoms with Gasteiger partial charge in [-0.05, 0) is 24.1 Å². The first-order valence-electron chi connectivity index (χ1n) is 5.81. The zero-order chi connectivity index (χ0) is 11.8. The van der Waals surface area contributed by atoms with E-state index < -0.39 is 0 Å². The molecule has 0 spiro atoms. The zero-order valence-corrected chi connectivity index (χ0v) is 9.73. The summed E-state index contributed by atoms with van der Waals surface area (Å²) < 4.78 is 0. The second-order valence-electron chi connectivity index (χ2n) is 4.34. The number of amides is 1. The summed E-state index contributed by atoms with van der Waals surface area (Å²) in [6.45, 7) is 2.35. The average molecular weight is 226 g/mol. The molecule has 0 bridgehead atoms. The average Bonchev–Trinajstić information content (AvgIpc) is 2.53. The maximum atomic E-state index is 11.4. The number of hydrogen-bond acceptors (Lipinski definition) is 1. The summed E-state index contributed by atoms with van der Waals surface area (Å²) in [7, 11) is 0. The summed E-state index contributed by atoms with van der Waals surface area (Å²) in [6, 6.07) is 8.29. The minimum absolute atomic E-state index is 0.0932. The number of aromatic nitrogens is 1. The van der Waals surface area contributed by atoms with E-state index >= 15 is 0 Å². The van der Waals surface area contributed by atoms with E-state index in [0.717, 1.165) is 18.7 Å². The largest absolute Gasteiger partial charge is 0.355 e. The Kier molecular flexibility index (Phi) is 2.25. The quantitative estimate of drug-likeness (QED) is 0.736. The van der Waals surface area contributed by atoms with Crippen LogP contribution in [0.2, 0.25) is 0 Å². The van der Waals surface area contributed by atoms with Crippen molar-refractivity contribution in [2.45, 2.75) is 13.3 Å². The van der Waals surface area contributed by atoms with E-state index in [1.54, 1.807) is 11.8 Å². The van der Waals surface area contributed by atoms with Crippen molar-refractivity contribution in [2.75, 3.05) is 6.54 Å². The van der Waals surface area contributed by atoms with E-state index in [2.05, 4.69) is 17.1 Å². The van der Waals surface area contributed by atoms with Crippen LogP contribution in [0.4, 0.5) is 0 Å². The Morgan fingerprint density at radius 3 is 3.00 bits per heavy atom. The monoisotopic (exact) mass is 226 g/mol. The van der Waals surface area contributed by atoms with Gasteiger partial charge < -0.3 is 9.88 Å². The Balaban J connectivity index is 2.10.